The first kappa shape index (κ1) is 18.6. The quantitative estimate of drug-likeness (QED) is 0.359. The Balaban J connectivity index is 1.62. The van der Waals surface area contributed by atoms with E-state index in [4.69, 9.17) is 4.74 Å². The number of hydrazone groups is 1. The van der Waals surface area contributed by atoms with Crippen LogP contribution in [0.5, 0.6) is 5.75 Å². The molecule has 0 aliphatic heterocycles. The SMILES string of the molecule is CCCCOc1ccccc1C=NNC(=O)Cc1cccc2ccccc12. The highest BCUT2D eigenvalue weighted by molar-refractivity contribution is 5.91. The molecule has 0 fully saturated rings. The molecule has 0 aromatic heterocycles. The lowest BCUT2D eigenvalue weighted by Gasteiger charge is -2.08. The van der Waals surface area contributed by atoms with Gasteiger partial charge in [0.25, 0.3) is 0 Å². The van der Waals surface area contributed by atoms with Gasteiger partial charge in [-0.25, -0.2) is 5.43 Å². The molecule has 0 heterocycles. The fraction of sp³-hybridized carbons (Fsp3) is 0.217. The molecule has 1 amide bonds. The standard InChI is InChI=1S/C23H24N2O2/c1-2-3-15-27-22-14-7-5-10-20(22)17-24-25-23(26)16-19-12-8-11-18-9-4-6-13-21(18)19/h4-14,17H,2-3,15-16H2,1H3,(H,25,26). The van der Waals surface area contributed by atoms with Crippen molar-refractivity contribution in [3.63, 3.8) is 0 Å². The number of amides is 1. The molecule has 0 aliphatic rings. The van der Waals surface area contributed by atoms with Gasteiger partial charge in [-0.1, -0.05) is 67.9 Å². The van der Waals surface area contributed by atoms with Gasteiger partial charge in [-0.15, -0.1) is 0 Å². The number of carbonyl (C=O) groups excluding carboxylic acids is 1. The molecular weight excluding hydrogens is 336 g/mol. The number of fused-ring (bicyclic) bond motifs is 1. The van der Waals surface area contributed by atoms with Crippen LogP contribution in [0.15, 0.2) is 71.8 Å². The van der Waals surface area contributed by atoms with Crippen LogP contribution < -0.4 is 10.2 Å². The molecular formula is C23H24N2O2. The molecule has 0 atom stereocenters. The third-order valence-electron chi connectivity index (χ3n) is 4.30. The van der Waals surface area contributed by atoms with E-state index in [-0.39, 0.29) is 12.3 Å². The van der Waals surface area contributed by atoms with Gasteiger partial charge in [-0.05, 0) is 34.9 Å². The minimum Gasteiger partial charge on any atom is -0.493 e. The number of hydrogen-bond acceptors (Lipinski definition) is 3. The fourth-order valence-corrected chi connectivity index (χ4v) is 2.88. The summed E-state index contributed by atoms with van der Waals surface area (Å²) in [5, 5.41) is 6.32. The topological polar surface area (TPSA) is 50.7 Å². The Morgan fingerprint density at radius 2 is 1.81 bits per heavy atom. The molecule has 0 spiro atoms. The predicted octanol–water partition coefficient (Wildman–Crippen LogP) is 4.71. The number of nitrogens with zero attached hydrogens (tertiary/aromatic N) is 1. The zero-order chi connectivity index (χ0) is 18.9. The smallest absolute Gasteiger partial charge is 0.244 e. The zero-order valence-corrected chi connectivity index (χ0v) is 15.5. The van der Waals surface area contributed by atoms with Crippen molar-refractivity contribution in [3.05, 3.63) is 77.9 Å². The normalized spacial score (nSPS) is 11.0. The van der Waals surface area contributed by atoms with E-state index in [0.717, 1.165) is 40.5 Å². The summed E-state index contributed by atoms with van der Waals surface area (Å²) >= 11 is 0. The first-order valence-corrected chi connectivity index (χ1v) is 9.28. The summed E-state index contributed by atoms with van der Waals surface area (Å²) in [4.78, 5) is 12.3. The molecule has 138 valence electrons. The lowest BCUT2D eigenvalue weighted by atomic mass is 10.0. The summed E-state index contributed by atoms with van der Waals surface area (Å²) in [7, 11) is 0. The Hall–Kier alpha value is -3.14. The van der Waals surface area contributed by atoms with E-state index >= 15 is 0 Å². The summed E-state index contributed by atoms with van der Waals surface area (Å²) in [5.41, 5.74) is 4.45. The molecule has 0 aliphatic carbocycles. The van der Waals surface area contributed by atoms with Gasteiger partial charge in [0.05, 0.1) is 19.2 Å². The second-order valence-electron chi connectivity index (χ2n) is 6.35. The number of rotatable bonds is 8. The van der Waals surface area contributed by atoms with Gasteiger partial charge >= 0.3 is 0 Å². The molecule has 3 rings (SSSR count). The first-order valence-electron chi connectivity index (χ1n) is 9.28. The summed E-state index contributed by atoms with van der Waals surface area (Å²) in [6.45, 7) is 2.80. The molecule has 4 nitrogen and oxygen atoms in total. The molecule has 3 aromatic rings. The first-order chi connectivity index (χ1) is 13.3. The maximum atomic E-state index is 12.3. The van der Waals surface area contributed by atoms with Crippen LogP contribution in [0, 0.1) is 0 Å². The molecule has 0 radical (unpaired) electrons. The van der Waals surface area contributed by atoms with E-state index in [1.54, 1.807) is 6.21 Å². The van der Waals surface area contributed by atoms with Crippen molar-refractivity contribution in [2.45, 2.75) is 26.2 Å². The lowest BCUT2D eigenvalue weighted by Crippen LogP contribution is -2.20. The highest BCUT2D eigenvalue weighted by atomic mass is 16.5. The van der Waals surface area contributed by atoms with Crippen LogP contribution in [0.25, 0.3) is 10.8 Å². The van der Waals surface area contributed by atoms with Crippen molar-refractivity contribution >= 4 is 22.9 Å². The Kier molecular flexibility index (Phi) is 6.58. The number of hydrogen-bond donors (Lipinski definition) is 1. The Bertz CT molecular complexity index is 929. The average molecular weight is 360 g/mol. The largest absolute Gasteiger partial charge is 0.493 e. The van der Waals surface area contributed by atoms with Crippen LogP contribution in [-0.4, -0.2) is 18.7 Å². The van der Waals surface area contributed by atoms with Crippen molar-refractivity contribution in [1.82, 2.24) is 5.43 Å². The van der Waals surface area contributed by atoms with Crippen molar-refractivity contribution in [3.8, 4) is 5.75 Å². The van der Waals surface area contributed by atoms with E-state index in [1.165, 1.54) is 0 Å². The van der Waals surface area contributed by atoms with Crippen molar-refractivity contribution in [2.75, 3.05) is 6.61 Å². The summed E-state index contributed by atoms with van der Waals surface area (Å²) < 4.78 is 5.77. The van der Waals surface area contributed by atoms with Gasteiger partial charge in [0, 0.05) is 5.56 Å². The van der Waals surface area contributed by atoms with Crippen LogP contribution >= 0.6 is 0 Å². The predicted molar refractivity (Wildman–Crippen MR) is 110 cm³/mol. The lowest BCUT2D eigenvalue weighted by molar-refractivity contribution is -0.120. The minimum atomic E-state index is -0.146. The van der Waals surface area contributed by atoms with Crippen LogP contribution in [0.4, 0.5) is 0 Å². The van der Waals surface area contributed by atoms with E-state index in [0.29, 0.717) is 6.61 Å². The molecule has 0 saturated carbocycles. The third kappa shape index (κ3) is 5.17. The number of ether oxygens (including phenoxy) is 1. The van der Waals surface area contributed by atoms with Crippen molar-refractivity contribution in [2.24, 2.45) is 5.10 Å². The molecule has 27 heavy (non-hydrogen) atoms. The highest BCUT2D eigenvalue weighted by Crippen LogP contribution is 2.19. The molecule has 0 bridgehead atoms. The van der Waals surface area contributed by atoms with Crippen LogP contribution in [0.2, 0.25) is 0 Å². The molecule has 0 unspecified atom stereocenters. The maximum Gasteiger partial charge on any atom is 0.244 e. The Morgan fingerprint density at radius 1 is 1.04 bits per heavy atom. The minimum absolute atomic E-state index is 0.146. The summed E-state index contributed by atoms with van der Waals surface area (Å²) in [6, 6.07) is 21.7. The van der Waals surface area contributed by atoms with Gasteiger partial charge in [-0.2, -0.15) is 5.10 Å². The van der Waals surface area contributed by atoms with Gasteiger partial charge in [0.15, 0.2) is 0 Å². The van der Waals surface area contributed by atoms with Crippen LogP contribution in [0.1, 0.15) is 30.9 Å². The maximum absolute atomic E-state index is 12.3. The third-order valence-corrected chi connectivity index (χ3v) is 4.30. The van der Waals surface area contributed by atoms with E-state index in [2.05, 4.69) is 17.5 Å². The summed E-state index contributed by atoms with van der Waals surface area (Å²) in [5.74, 6) is 0.630. The molecule has 1 N–H and O–H groups in total. The average Bonchev–Trinajstić information content (AvgIpc) is 2.70. The number of carbonyl (C=O) groups is 1. The Morgan fingerprint density at radius 3 is 2.70 bits per heavy atom. The van der Waals surface area contributed by atoms with Gasteiger partial charge in [0.1, 0.15) is 5.75 Å². The van der Waals surface area contributed by atoms with Crippen LogP contribution in [-0.2, 0) is 11.2 Å². The zero-order valence-electron chi connectivity index (χ0n) is 15.5. The molecule has 3 aromatic carbocycles. The second-order valence-corrected chi connectivity index (χ2v) is 6.35. The van der Waals surface area contributed by atoms with Gasteiger partial charge < -0.3 is 4.74 Å². The molecule has 0 saturated heterocycles. The van der Waals surface area contributed by atoms with E-state index in [9.17, 15) is 4.79 Å². The second kappa shape index (κ2) is 9.53. The Labute approximate surface area is 159 Å². The van der Waals surface area contributed by atoms with Gasteiger partial charge in [0.2, 0.25) is 5.91 Å². The monoisotopic (exact) mass is 360 g/mol. The highest BCUT2D eigenvalue weighted by Gasteiger charge is 2.06. The van der Waals surface area contributed by atoms with Crippen molar-refractivity contribution < 1.29 is 9.53 Å². The number of para-hydroxylation sites is 1. The molecule has 4 heteroatoms. The number of benzene rings is 3. The van der Waals surface area contributed by atoms with E-state index < -0.39 is 0 Å². The fourth-order valence-electron chi connectivity index (χ4n) is 2.88. The number of nitrogens with one attached hydrogen (secondary N) is 1. The van der Waals surface area contributed by atoms with Gasteiger partial charge in [-0.3, -0.25) is 4.79 Å². The van der Waals surface area contributed by atoms with Crippen molar-refractivity contribution in [1.29, 1.82) is 0 Å². The van der Waals surface area contributed by atoms with E-state index in [1.807, 2.05) is 66.7 Å². The van der Waals surface area contributed by atoms with Crippen LogP contribution in [0.3, 0.4) is 0 Å². The summed E-state index contributed by atoms with van der Waals surface area (Å²) in [6.07, 6.45) is 4.00. The number of unbranched alkanes of at least 4 members (excludes halogenated alkanes) is 1.